The third kappa shape index (κ3) is 5.60. The van der Waals surface area contributed by atoms with Gasteiger partial charge in [-0.2, -0.15) is 0 Å². The number of carbonyl (C=O) groups is 3. The molecule has 1 unspecified atom stereocenters. The van der Waals surface area contributed by atoms with Gasteiger partial charge in [-0.3, -0.25) is 14.4 Å². The van der Waals surface area contributed by atoms with E-state index >= 15 is 0 Å². The summed E-state index contributed by atoms with van der Waals surface area (Å²) in [6.45, 7) is 3.04. The molecule has 3 amide bonds. The summed E-state index contributed by atoms with van der Waals surface area (Å²) in [4.78, 5) is 44.5. The number of nitrogens with one attached hydrogen (secondary N) is 2. The van der Waals surface area contributed by atoms with Crippen LogP contribution < -0.4 is 10.6 Å². The van der Waals surface area contributed by atoms with Gasteiger partial charge in [0, 0.05) is 36.7 Å². The van der Waals surface area contributed by atoms with Gasteiger partial charge in [-0.15, -0.1) is 22.7 Å². The summed E-state index contributed by atoms with van der Waals surface area (Å²) in [5, 5.41) is 8.08. The minimum atomic E-state index is -0.364. The number of nitrogens with zero attached hydrogens (tertiary/aromatic N) is 2. The molecule has 1 aliphatic rings. The Kier molecular flexibility index (Phi) is 6.96. The van der Waals surface area contributed by atoms with Crippen molar-refractivity contribution in [3.05, 3.63) is 58.3 Å². The number of benzene rings is 1. The van der Waals surface area contributed by atoms with E-state index in [2.05, 4.69) is 15.6 Å². The fraction of sp³-hybridized carbons (Fsp3) is 0.304. The SMILES string of the molecule is CC(=O)NCc1ccc(-c2csc(NC(=O)C3CC(=O)N(CCc4ccccc4)C3)n2)s1. The van der Waals surface area contributed by atoms with E-state index in [0.717, 1.165) is 21.9 Å². The Morgan fingerprint density at radius 3 is 2.78 bits per heavy atom. The number of carbonyl (C=O) groups excluding carboxylic acids is 3. The molecule has 7 nitrogen and oxygen atoms in total. The molecule has 32 heavy (non-hydrogen) atoms. The first-order chi connectivity index (χ1) is 15.5. The van der Waals surface area contributed by atoms with Crippen molar-refractivity contribution >= 4 is 45.5 Å². The van der Waals surface area contributed by atoms with Crippen LogP contribution in [0, 0.1) is 5.92 Å². The van der Waals surface area contributed by atoms with Crippen molar-refractivity contribution in [3.8, 4) is 10.6 Å². The fourth-order valence-electron chi connectivity index (χ4n) is 3.55. The third-order valence-corrected chi connectivity index (χ3v) is 7.12. The Bertz CT molecular complexity index is 1110. The maximum atomic E-state index is 12.7. The largest absolute Gasteiger partial charge is 0.351 e. The molecule has 0 radical (unpaired) electrons. The first-order valence-electron chi connectivity index (χ1n) is 10.4. The maximum Gasteiger partial charge on any atom is 0.231 e. The summed E-state index contributed by atoms with van der Waals surface area (Å²) in [7, 11) is 0. The van der Waals surface area contributed by atoms with Crippen LogP contribution in [0.3, 0.4) is 0 Å². The zero-order chi connectivity index (χ0) is 22.5. The lowest BCUT2D eigenvalue weighted by atomic mass is 10.1. The lowest BCUT2D eigenvalue weighted by molar-refractivity contribution is -0.128. The molecule has 4 rings (SSSR count). The Morgan fingerprint density at radius 2 is 2.00 bits per heavy atom. The standard InChI is InChI=1S/C23H24N4O3S2/c1-15(28)24-12-18-7-8-20(32-18)19-14-31-23(25-19)26-22(30)17-11-21(29)27(13-17)10-9-16-5-3-2-4-6-16/h2-8,14,17H,9-13H2,1H3,(H,24,28)(H,25,26,30). The van der Waals surface area contributed by atoms with Crippen molar-refractivity contribution < 1.29 is 14.4 Å². The minimum absolute atomic E-state index is 0.0196. The first-order valence-corrected chi connectivity index (χ1v) is 12.1. The summed E-state index contributed by atoms with van der Waals surface area (Å²) < 4.78 is 0. The van der Waals surface area contributed by atoms with E-state index in [0.29, 0.717) is 24.8 Å². The molecule has 2 aromatic heterocycles. The van der Waals surface area contributed by atoms with Gasteiger partial charge in [0.15, 0.2) is 5.13 Å². The van der Waals surface area contributed by atoms with Crippen LogP contribution in [0.25, 0.3) is 10.6 Å². The number of anilines is 1. The molecule has 166 valence electrons. The number of thiazole rings is 1. The molecule has 9 heteroatoms. The van der Waals surface area contributed by atoms with Crippen molar-refractivity contribution in [2.75, 3.05) is 18.4 Å². The van der Waals surface area contributed by atoms with Crippen LogP contribution in [0.5, 0.6) is 0 Å². The Morgan fingerprint density at radius 1 is 1.19 bits per heavy atom. The van der Waals surface area contributed by atoms with Crippen LogP contribution in [0.2, 0.25) is 0 Å². The fourth-order valence-corrected chi connectivity index (χ4v) is 5.24. The first kappa shape index (κ1) is 22.2. The molecule has 1 atom stereocenters. The molecule has 0 spiro atoms. The van der Waals surface area contributed by atoms with Gasteiger partial charge in [0.2, 0.25) is 17.7 Å². The number of aromatic nitrogens is 1. The summed E-state index contributed by atoms with van der Waals surface area (Å²) in [5.74, 6) is -0.579. The Balaban J connectivity index is 1.30. The van der Waals surface area contributed by atoms with Crippen LogP contribution in [-0.4, -0.2) is 40.7 Å². The lowest BCUT2D eigenvalue weighted by Crippen LogP contribution is -2.30. The van der Waals surface area contributed by atoms with Crippen LogP contribution >= 0.6 is 22.7 Å². The number of likely N-dealkylation sites (tertiary alicyclic amines) is 1. The highest BCUT2D eigenvalue weighted by atomic mass is 32.1. The predicted octanol–water partition coefficient (Wildman–Crippen LogP) is 3.54. The van der Waals surface area contributed by atoms with Crippen molar-refractivity contribution in [2.45, 2.75) is 26.3 Å². The summed E-state index contributed by atoms with van der Waals surface area (Å²) >= 11 is 2.92. The van der Waals surface area contributed by atoms with Gasteiger partial charge in [0.05, 0.1) is 23.0 Å². The molecular weight excluding hydrogens is 444 g/mol. The summed E-state index contributed by atoms with van der Waals surface area (Å²) in [6, 6.07) is 13.9. The highest BCUT2D eigenvalue weighted by Gasteiger charge is 2.34. The third-order valence-electron chi connectivity index (χ3n) is 5.26. The van der Waals surface area contributed by atoms with E-state index in [4.69, 9.17) is 0 Å². The lowest BCUT2D eigenvalue weighted by Gasteiger charge is -2.16. The van der Waals surface area contributed by atoms with Gasteiger partial charge in [-0.25, -0.2) is 4.98 Å². The average Bonchev–Trinajstić information content (AvgIpc) is 3.51. The number of rotatable bonds is 8. The van der Waals surface area contributed by atoms with Gasteiger partial charge in [0.1, 0.15) is 0 Å². The van der Waals surface area contributed by atoms with E-state index in [1.165, 1.54) is 23.8 Å². The second-order valence-corrected chi connectivity index (χ2v) is 9.71. The van der Waals surface area contributed by atoms with Gasteiger partial charge in [-0.1, -0.05) is 30.3 Å². The van der Waals surface area contributed by atoms with Crippen molar-refractivity contribution in [3.63, 3.8) is 0 Å². The smallest absolute Gasteiger partial charge is 0.231 e. The molecule has 2 N–H and O–H groups in total. The van der Waals surface area contributed by atoms with E-state index in [9.17, 15) is 14.4 Å². The van der Waals surface area contributed by atoms with E-state index in [-0.39, 0.29) is 30.1 Å². The van der Waals surface area contributed by atoms with Crippen molar-refractivity contribution in [2.24, 2.45) is 5.92 Å². The number of thiophene rings is 1. The van der Waals surface area contributed by atoms with Crippen molar-refractivity contribution in [1.82, 2.24) is 15.2 Å². The molecule has 0 bridgehead atoms. The van der Waals surface area contributed by atoms with Crippen LogP contribution in [0.15, 0.2) is 47.8 Å². The molecule has 1 aromatic carbocycles. The zero-order valence-corrected chi connectivity index (χ0v) is 19.3. The summed E-state index contributed by atoms with van der Waals surface area (Å²) in [6.07, 6.45) is 1.01. The van der Waals surface area contributed by atoms with E-state index in [1.807, 2.05) is 47.8 Å². The van der Waals surface area contributed by atoms with Crippen molar-refractivity contribution in [1.29, 1.82) is 0 Å². The summed E-state index contributed by atoms with van der Waals surface area (Å²) in [5.41, 5.74) is 1.97. The van der Waals surface area contributed by atoms with Gasteiger partial charge < -0.3 is 15.5 Å². The Labute approximate surface area is 194 Å². The molecule has 3 heterocycles. The number of amides is 3. The average molecular weight is 469 g/mol. The second-order valence-electron chi connectivity index (χ2n) is 7.68. The molecule has 1 saturated heterocycles. The normalized spacial score (nSPS) is 15.7. The molecule has 0 aliphatic carbocycles. The van der Waals surface area contributed by atoms with Gasteiger partial charge in [-0.05, 0) is 24.1 Å². The van der Waals surface area contributed by atoms with Crippen LogP contribution in [0.1, 0.15) is 23.8 Å². The Hall–Kier alpha value is -3.04. The van der Waals surface area contributed by atoms with Gasteiger partial charge in [0.25, 0.3) is 0 Å². The van der Waals surface area contributed by atoms with Crippen LogP contribution in [-0.2, 0) is 27.3 Å². The molecule has 1 aliphatic heterocycles. The highest BCUT2D eigenvalue weighted by molar-refractivity contribution is 7.17. The van der Waals surface area contributed by atoms with Gasteiger partial charge >= 0.3 is 0 Å². The number of hydrogen-bond donors (Lipinski definition) is 2. The number of hydrogen-bond acceptors (Lipinski definition) is 6. The van der Waals surface area contributed by atoms with E-state index < -0.39 is 0 Å². The molecular formula is C23H24N4O3S2. The monoisotopic (exact) mass is 468 g/mol. The topological polar surface area (TPSA) is 91.4 Å². The predicted molar refractivity (Wildman–Crippen MR) is 126 cm³/mol. The van der Waals surface area contributed by atoms with Crippen LogP contribution in [0.4, 0.5) is 5.13 Å². The quantitative estimate of drug-likeness (QED) is 0.529. The molecule has 3 aromatic rings. The molecule has 0 saturated carbocycles. The zero-order valence-electron chi connectivity index (χ0n) is 17.7. The second kappa shape index (κ2) is 10.1. The maximum absolute atomic E-state index is 12.7. The van der Waals surface area contributed by atoms with E-state index in [1.54, 1.807) is 16.2 Å². The highest BCUT2D eigenvalue weighted by Crippen LogP contribution is 2.31. The molecule has 1 fully saturated rings. The minimum Gasteiger partial charge on any atom is -0.351 e.